The Morgan fingerprint density at radius 1 is 0.727 bits per heavy atom. The standard InChI is InChI=1S/C20H21NO/c22-20-16-12-7-13-17(20)19(15-10-5-2-6-11-15)21-18(16)14-8-3-1-4-9-14/h1-6,8-11,16-19,21H,7,12-13H2/p+1/t16-,17+,18+,19-. The first-order valence-corrected chi connectivity index (χ1v) is 8.33. The number of benzene rings is 2. The van der Waals surface area contributed by atoms with Crippen molar-refractivity contribution in [3.05, 3.63) is 71.8 Å². The molecule has 2 N–H and O–H groups in total. The molecule has 0 radical (unpaired) electrons. The van der Waals surface area contributed by atoms with Crippen LogP contribution in [-0.4, -0.2) is 5.78 Å². The molecule has 1 saturated heterocycles. The minimum Gasteiger partial charge on any atom is -0.333 e. The fourth-order valence-corrected chi connectivity index (χ4v) is 4.36. The van der Waals surface area contributed by atoms with Crippen molar-refractivity contribution < 1.29 is 10.1 Å². The highest BCUT2D eigenvalue weighted by atomic mass is 16.1. The smallest absolute Gasteiger partial charge is 0.151 e. The van der Waals surface area contributed by atoms with Gasteiger partial charge in [-0.05, 0) is 12.8 Å². The topological polar surface area (TPSA) is 33.7 Å². The van der Waals surface area contributed by atoms with Crippen LogP contribution in [0.1, 0.15) is 42.5 Å². The highest BCUT2D eigenvalue weighted by molar-refractivity contribution is 5.86. The van der Waals surface area contributed by atoms with Crippen LogP contribution in [0.25, 0.3) is 0 Å². The van der Waals surface area contributed by atoms with E-state index in [9.17, 15) is 4.79 Å². The predicted molar refractivity (Wildman–Crippen MR) is 86.1 cm³/mol. The summed E-state index contributed by atoms with van der Waals surface area (Å²) in [5, 5.41) is 2.46. The van der Waals surface area contributed by atoms with Crippen molar-refractivity contribution in [1.29, 1.82) is 0 Å². The number of carbonyl (C=O) groups excluding carboxylic acids is 1. The monoisotopic (exact) mass is 292 g/mol. The highest BCUT2D eigenvalue weighted by Crippen LogP contribution is 2.41. The second kappa shape index (κ2) is 5.69. The number of hydrogen-bond donors (Lipinski definition) is 1. The van der Waals surface area contributed by atoms with Gasteiger partial charge in [-0.2, -0.15) is 0 Å². The summed E-state index contributed by atoms with van der Waals surface area (Å²) in [7, 11) is 0. The summed E-state index contributed by atoms with van der Waals surface area (Å²) in [6, 6.07) is 21.7. The normalized spacial score (nSPS) is 31.0. The highest BCUT2D eigenvalue weighted by Gasteiger charge is 2.49. The molecule has 0 aromatic heterocycles. The van der Waals surface area contributed by atoms with Gasteiger partial charge in [0.25, 0.3) is 0 Å². The first kappa shape index (κ1) is 13.7. The molecule has 2 aromatic carbocycles. The molecule has 2 aliphatic rings. The van der Waals surface area contributed by atoms with Gasteiger partial charge in [-0.1, -0.05) is 67.1 Å². The van der Waals surface area contributed by atoms with Gasteiger partial charge in [0.15, 0.2) is 5.78 Å². The number of rotatable bonds is 2. The van der Waals surface area contributed by atoms with Gasteiger partial charge in [0.05, 0.1) is 11.8 Å². The van der Waals surface area contributed by atoms with E-state index in [2.05, 4.69) is 53.8 Å². The quantitative estimate of drug-likeness (QED) is 0.907. The maximum atomic E-state index is 13.0. The van der Waals surface area contributed by atoms with Crippen LogP contribution in [0.3, 0.4) is 0 Å². The van der Waals surface area contributed by atoms with Crippen molar-refractivity contribution in [2.75, 3.05) is 0 Å². The Morgan fingerprint density at radius 3 is 1.64 bits per heavy atom. The Labute approximate surface area is 131 Å². The summed E-state index contributed by atoms with van der Waals surface area (Å²) in [4.78, 5) is 13.0. The maximum Gasteiger partial charge on any atom is 0.151 e. The van der Waals surface area contributed by atoms with Crippen molar-refractivity contribution >= 4 is 5.78 Å². The van der Waals surface area contributed by atoms with Gasteiger partial charge in [0.2, 0.25) is 0 Å². The van der Waals surface area contributed by atoms with Crippen molar-refractivity contribution in [2.45, 2.75) is 31.3 Å². The maximum absolute atomic E-state index is 13.0. The predicted octanol–water partition coefficient (Wildman–Crippen LogP) is 3.03. The summed E-state index contributed by atoms with van der Waals surface area (Å²) in [5.41, 5.74) is 2.59. The zero-order chi connectivity index (χ0) is 14.9. The molecule has 112 valence electrons. The molecule has 2 heteroatoms. The number of ketones is 1. The van der Waals surface area contributed by atoms with Crippen molar-refractivity contribution in [1.82, 2.24) is 0 Å². The first-order valence-electron chi connectivity index (χ1n) is 8.33. The molecule has 2 aromatic rings. The van der Waals surface area contributed by atoms with Crippen LogP contribution >= 0.6 is 0 Å². The molecule has 22 heavy (non-hydrogen) atoms. The van der Waals surface area contributed by atoms with E-state index in [-0.39, 0.29) is 23.9 Å². The Kier molecular flexibility index (Phi) is 3.55. The lowest BCUT2D eigenvalue weighted by molar-refractivity contribution is -0.750. The zero-order valence-electron chi connectivity index (χ0n) is 12.7. The summed E-state index contributed by atoms with van der Waals surface area (Å²) in [5.74, 6) is 0.888. The van der Waals surface area contributed by atoms with Crippen LogP contribution in [0.15, 0.2) is 60.7 Å². The fourth-order valence-electron chi connectivity index (χ4n) is 4.36. The molecule has 1 aliphatic heterocycles. The van der Waals surface area contributed by atoms with Gasteiger partial charge in [-0.3, -0.25) is 4.79 Å². The van der Waals surface area contributed by atoms with Gasteiger partial charge in [-0.15, -0.1) is 0 Å². The van der Waals surface area contributed by atoms with Gasteiger partial charge >= 0.3 is 0 Å². The SMILES string of the molecule is O=C1[C@H]2CCC[C@@H]1[C@H](c1ccccc1)[NH2+][C@@H]2c1ccccc1. The molecule has 0 spiro atoms. The zero-order valence-corrected chi connectivity index (χ0v) is 12.7. The Morgan fingerprint density at radius 2 is 1.18 bits per heavy atom. The van der Waals surface area contributed by atoms with E-state index in [1.54, 1.807) is 0 Å². The van der Waals surface area contributed by atoms with Gasteiger partial charge in [-0.25, -0.2) is 0 Å². The molecule has 1 aliphatic carbocycles. The molecule has 1 saturated carbocycles. The lowest BCUT2D eigenvalue weighted by Gasteiger charge is -2.42. The molecule has 1 heterocycles. The summed E-state index contributed by atoms with van der Waals surface area (Å²) >= 11 is 0. The van der Waals surface area contributed by atoms with Crippen LogP contribution < -0.4 is 5.32 Å². The molecular weight excluding hydrogens is 270 g/mol. The minimum atomic E-state index is 0.195. The summed E-state index contributed by atoms with van der Waals surface area (Å²) in [6.07, 6.45) is 3.28. The third-order valence-corrected chi connectivity index (χ3v) is 5.41. The van der Waals surface area contributed by atoms with E-state index in [1.807, 2.05) is 12.1 Å². The van der Waals surface area contributed by atoms with E-state index < -0.39 is 0 Å². The van der Waals surface area contributed by atoms with E-state index >= 15 is 0 Å². The van der Waals surface area contributed by atoms with Crippen molar-refractivity contribution in [3.8, 4) is 0 Å². The fraction of sp³-hybridized carbons (Fsp3) is 0.350. The van der Waals surface area contributed by atoms with Crippen LogP contribution in [0, 0.1) is 11.8 Å². The van der Waals surface area contributed by atoms with Crippen LogP contribution in [0.2, 0.25) is 0 Å². The van der Waals surface area contributed by atoms with Crippen LogP contribution in [0.4, 0.5) is 0 Å². The molecule has 2 bridgehead atoms. The van der Waals surface area contributed by atoms with E-state index in [1.165, 1.54) is 17.5 Å². The van der Waals surface area contributed by atoms with Crippen molar-refractivity contribution in [2.24, 2.45) is 11.8 Å². The van der Waals surface area contributed by atoms with Crippen LogP contribution in [-0.2, 0) is 4.79 Å². The number of nitrogens with two attached hydrogens (primary N) is 1. The summed E-state index contributed by atoms with van der Waals surface area (Å²) in [6.45, 7) is 0. The second-order valence-electron chi connectivity index (χ2n) is 6.61. The largest absolute Gasteiger partial charge is 0.333 e. The lowest BCUT2D eigenvalue weighted by atomic mass is 9.67. The number of quaternary nitrogens is 1. The third-order valence-electron chi connectivity index (χ3n) is 5.41. The third kappa shape index (κ3) is 2.28. The minimum absolute atomic E-state index is 0.195. The lowest BCUT2D eigenvalue weighted by Crippen LogP contribution is -2.92. The number of hydrogen-bond acceptors (Lipinski definition) is 1. The molecule has 2 fully saturated rings. The van der Waals surface area contributed by atoms with Crippen LogP contribution in [0.5, 0.6) is 0 Å². The average Bonchev–Trinajstić information content (AvgIpc) is 2.57. The van der Waals surface area contributed by atoms with Gasteiger partial charge in [0, 0.05) is 11.1 Å². The molecule has 4 rings (SSSR count). The second-order valence-corrected chi connectivity index (χ2v) is 6.61. The molecule has 2 nitrogen and oxygen atoms in total. The van der Waals surface area contributed by atoms with E-state index in [0.717, 1.165) is 12.8 Å². The molecular formula is C20H22NO+. The number of fused-ring (bicyclic) bond motifs is 2. The number of carbonyl (C=O) groups is 1. The Hall–Kier alpha value is -1.93. The number of piperidine rings is 1. The van der Waals surface area contributed by atoms with Gasteiger partial charge in [0.1, 0.15) is 12.1 Å². The summed E-state index contributed by atoms with van der Waals surface area (Å²) < 4.78 is 0. The van der Waals surface area contributed by atoms with Crippen molar-refractivity contribution in [3.63, 3.8) is 0 Å². The van der Waals surface area contributed by atoms with Gasteiger partial charge < -0.3 is 5.32 Å². The Balaban J connectivity index is 1.73. The molecule has 0 unspecified atom stereocenters. The molecule has 0 amide bonds. The molecule has 4 atom stereocenters. The Bertz CT molecular complexity index is 596. The first-order chi connectivity index (χ1) is 10.8. The van der Waals surface area contributed by atoms with E-state index in [4.69, 9.17) is 0 Å². The van der Waals surface area contributed by atoms with E-state index in [0.29, 0.717) is 5.78 Å². The average molecular weight is 292 g/mol. The number of Topliss-reactive ketones (excluding diaryl/α,β-unsaturated/α-hetero) is 1.